The first-order valence-corrected chi connectivity index (χ1v) is 6.28. The van der Waals surface area contributed by atoms with Gasteiger partial charge in [-0.25, -0.2) is 0 Å². The van der Waals surface area contributed by atoms with E-state index in [1.165, 1.54) is 12.8 Å². The normalized spacial score (nSPS) is 28.6. The molecule has 2 N–H and O–H groups in total. The summed E-state index contributed by atoms with van der Waals surface area (Å²) in [6.07, 6.45) is 4.11. The van der Waals surface area contributed by atoms with Crippen LogP contribution in [0.4, 0.5) is 0 Å². The first kappa shape index (κ1) is 11.9. The molecule has 2 fully saturated rings. The van der Waals surface area contributed by atoms with Crippen LogP contribution in [-0.4, -0.2) is 47.7 Å². The summed E-state index contributed by atoms with van der Waals surface area (Å²) >= 11 is 0. The van der Waals surface area contributed by atoms with Crippen LogP contribution in [0, 0.1) is 5.92 Å². The second-order valence-electron chi connectivity index (χ2n) is 5.50. The molecule has 0 aromatic heterocycles. The van der Waals surface area contributed by atoms with E-state index in [1.807, 2.05) is 0 Å². The van der Waals surface area contributed by atoms with Gasteiger partial charge in [0.2, 0.25) is 5.91 Å². The van der Waals surface area contributed by atoms with Gasteiger partial charge in [0.05, 0.1) is 18.7 Å². The third kappa shape index (κ3) is 2.95. The van der Waals surface area contributed by atoms with Gasteiger partial charge < -0.3 is 15.3 Å². The van der Waals surface area contributed by atoms with E-state index in [0.29, 0.717) is 25.4 Å². The van der Waals surface area contributed by atoms with Crippen LogP contribution in [0.2, 0.25) is 0 Å². The minimum atomic E-state index is -0.637. The summed E-state index contributed by atoms with van der Waals surface area (Å²) in [5.41, 5.74) is -0.637. The fraction of sp³-hybridized carbons (Fsp3) is 0.917. The molecule has 0 aromatic carbocycles. The number of hydrogen-bond donors (Lipinski definition) is 2. The van der Waals surface area contributed by atoms with Crippen LogP contribution in [0.1, 0.15) is 32.6 Å². The predicted molar refractivity (Wildman–Crippen MR) is 62.0 cm³/mol. The third-order valence-corrected chi connectivity index (χ3v) is 3.58. The summed E-state index contributed by atoms with van der Waals surface area (Å²) in [4.78, 5) is 13.5. The van der Waals surface area contributed by atoms with Crippen molar-refractivity contribution in [1.82, 2.24) is 10.2 Å². The SMILES string of the molecule is CC1(O)CN(C(=O)CCC2CCCNC2)C1. The molecule has 2 heterocycles. The van der Waals surface area contributed by atoms with Gasteiger partial charge in [0, 0.05) is 6.42 Å². The molecule has 1 atom stereocenters. The average Bonchev–Trinajstić information content (AvgIpc) is 2.24. The standard InChI is InChI=1S/C12H22N2O2/c1-12(16)8-14(9-12)11(15)5-4-10-3-2-6-13-7-10/h10,13,16H,2-9H2,1H3. The molecule has 92 valence electrons. The van der Waals surface area contributed by atoms with Gasteiger partial charge in [0.25, 0.3) is 0 Å². The Balaban J connectivity index is 1.64. The molecule has 2 rings (SSSR count). The molecule has 0 saturated carbocycles. The highest BCUT2D eigenvalue weighted by Gasteiger charge is 2.39. The van der Waals surface area contributed by atoms with Crippen molar-refractivity contribution in [2.24, 2.45) is 5.92 Å². The van der Waals surface area contributed by atoms with Crippen molar-refractivity contribution in [3.05, 3.63) is 0 Å². The van der Waals surface area contributed by atoms with Crippen LogP contribution in [0.15, 0.2) is 0 Å². The maximum absolute atomic E-state index is 11.8. The van der Waals surface area contributed by atoms with E-state index >= 15 is 0 Å². The summed E-state index contributed by atoms with van der Waals surface area (Å²) < 4.78 is 0. The molecule has 0 aliphatic carbocycles. The molecule has 4 nitrogen and oxygen atoms in total. The Hall–Kier alpha value is -0.610. The Morgan fingerprint density at radius 1 is 1.56 bits per heavy atom. The maximum atomic E-state index is 11.8. The average molecular weight is 226 g/mol. The lowest BCUT2D eigenvalue weighted by molar-refractivity contribution is -0.152. The number of amides is 1. The monoisotopic (exact) mass is 226 g/mol. The van der Waals surface area contributed by atoms with Crippen LogP contribution in [0.3, 0.4) is 0 Å². The van der Waals surface area contributed by atoms with Gasteiger partial charge in [-0.2, -0.15) is 0 Å². The fourth-order valence-corrected chi connectivity index (χ4v) is 2.61. The van der Waals surface area contributed by atoms with E-state index in [9.17, 15) is 9.90 Å². The van der Waals surface area contributed by atoms with E-state index in [1.54, 1.807) is 11.8 Å². The molecular formula is C12H22N2O2. The smallest absolute Gasteiger partial charge is 0.222 e. The topological polar surface area (TPSA) is 52.6 Å². The van der Waals surface area contributed by atoms with Crippen LogP contribution in [0.25, 0.3) is 0 Å². The number of aliphatic hydroxyl groups is 1. The number of nitrogens with zero attached hydrogens (tertiary/aromatic N) is 1. The van der Waals surface area contributed by atoms with Crippen molar-refractivity contribution in [3.63, 3.8) is 0 Å². The Labute approximate surface area is 97.0 Å². The minimum Gasteiger partial charge on any atom is -0.386 e. The lowest BCUT2D eigenvalue weighted by atomic mass is 9.92. The largest absolute Gasteiger partial charge is 0.386 e. The number of carbonyl (C=O) groups excluding carboxylic acids is 1. The highest BCUT2D eigenvalue weighted by Crippen LogP contribution is 2.22. The second-order valence-corrected chi connectivity index (χ2v) is 5.50. The van der Waals surface area contributed by atoms with E-state index in [4.69, 9.17) is 0 Å². The van der Waals surface area contributed by atoms with Crippen molar-refractivity contribution < 1.29 is 9.90 Å². The zero-order valence-electron chi connectivity index (χ0n) is 10.0. The lowest BCUT2D eigenvalue weighted by Gasteiger charge is -2.44. The Morgan fingerprint density at radius 2 is 2.31 bits per heavy atom. The molecule has 2 aliphatic rings. The van der Waals surface area contributed by atoms with Crippen LogP contribution in [0.5, 0.6) is 0 Å². The Kier molecular flexibility index (Phi) is 3.50. The zero-order chi connectivity index (χ0) is 11.6. The molecule has 2 aliphatic heterocycles. The molecule has 1 unspecified atom stereocenters. The van der Waals surface area contributed by atoms with Gasteiger partial charge in [-0.3, -0.25) is 4.79 Å². The number of piperidine rings is 1. The summed E-state index contributed by atoms with van der Waals surface area (Å²) in [6.45, 7) is 4.98. The zero-order valence-corrected chi connectivity index (χ0v) is 10.0. The first-order chi connectivity index (χ1) is 7.57. The fourth-order valence-electron chi connectivity index (χ4n) is 2.61. The quantitative estimate of drug-likeness (QED) is 0.730. The van der Waals surface area contributed by atoms with Crippen LogP contribution >= 0.6 is 0 Å². The van der Waals surface area contributed by atoms with Crippen LogP contribution in [-0.2, 0) is 4.79 Å². The Morgan fingerprint density at radius 3 is 2.88 bits per heavy atom. The van der Waals surface area contributed by atoms with Crippen molar-refractivity contribution in [1.29, 1.82) is 0 Å². The van der Waals surface area contributed by atoms with Gasteiger partial charge >= 0.3 is 0 Å². The van der Waals surface area contributed by atoms with Crippen molar-refractivity contribution in [2.75, 3.05) is 26.2 Å². The Bertz CT molecular complexity index is 252. The lowest BCUT2D eigenvalue weighted by Crippen LogP contribution is -2.61. The summed E-state index contributed by atoms with van der Waals surface area (Å²) in [5.74, 6) is 0.872. The highest BCUT2D eigenvalue weighted by atomic mass is 16.3. The molecule has 0 aromatic rings. The summed E-state index contributed by atoms with van der Waals surface area (Å²) in [6, 6.07) is 0. The number of likely N-dealkylation sites (tertiary alicyclic amines) is 1. The molecule has 16 heavy (non-hydrogen) atoms. The third-order valence-electron chi connectivity index (χ3n) is 3.58. The van der Waals surface area contributed by atoms with Gasteiger partial charge in [-0.1, -0.05) is 0 Å². The maximum Gasteiger partial charge on any atom is 0.222 e. The van der Waals surface area contributed by atoms with Crippen molar-refractivity contribution in [2.45, 2.75) is 38.2 Å². The first-order valence-electron chi connectivity index (χ1n) is 6.28. The molecule has 1 amide bonds. The molecule has 2 saturated heterocycles. The molecule has 0 bridgehead atoms. The predicted octanol–water partition coefficient (Wildman–Crippen LogP) is 0.359. The van der Waals surface area contributed by atoms with E-state index in [2.05, 4.69) is 5.32 Å². The molecule has 0 spiro atoms. The van der Waals surface area contributed by atoms with E-state index in [-0.39, 0.29) is 5.91 Å². The molecular weight excluding hydrogens is 204 g/mol. The van der Waals surface area contributed by atoms with Gasteiger partial charge in [-0.15, -0.1) is 0 Å². The van der Waals surface area contributed by atoms with Crippen molar-refractivity contribution >= 4 is 5.91 Å². The summed E-state index contributed by atoms with van der Waals surface area (Å²) in [7, 11) is 0. The van der Waals surface area contributed by atoms with E-state index in [0.717, 1.165) is 19.5 Å². The summed E-state index contributed by atoms with van der Waals surface area (Å²) in [5, 5.41) is 12.9. The van der Waals surface area contributed by atoms with Gasteiger partial charge in [0.1, 0.15) is 0 Å². The number of nitrogens with one attached hydrogen (secondary N) is 1. The number of rotatable bonds is 3. The van der Waals surface area contributed by atoms with E-state index < -0.39 is 5.60 Å². The molecule has 0 radical (unpaired) electrons. The number of β-amino-alcohol motifs (C(OH)–C–C–N with tert-alkyl or cyclic N) is 1. The number of carbonyl (C=O) groups is 1. The van der Waals surface area contributed by atoms with Gasteiger partial charge in [-0.05, 0) is 45.2 Å². The number of hydrogen-bond acceptors (Lipinski definition) is 3. The molecule has 4 heteroatoms. The van der Waals surface area contributed by atoms with Crippen LogP contribution < -0.4 is 5.32 Å². The van der Waals surface area contributed by atoms with Gasteiger partial charge in [0.15, 0.2) is 0 Å². The minimum absolute atomic E-state index is 0.206. The van der Waals surface area contributed by atoms with Crippen molar-refractivity contribution in [3.8, 4) is 0 Å². The second kappa shape index (κ2) is 4.72. The highest BCUT2D eigenvalue weighted by molar-refractivity contribution is 5.77.